The fraction of sp³-hybridized carbons (Fsp3) is 0.917. The van der Waals surface area contributed by atoms with E-state index < -0.39 is 5.54 Å². The van der Waals surface area contributed by atoms with Crippen LogP contribution in [0.15, 0.2) is 0 Å². The van der Waals surface area contributed by atoms with Crippen molar-refractivity contribution >= 4 is 5.97 Å². The van der Waals surface area contributed by atoms with Gasteiger partial charge >= 0.3 is 5.97 Å². The Kier molecular flexibility index (Phi) is 6.60. The third-order valence-electron chi connectivity index (χ3n) is 2.95. The lowest BCUT2D eigenvalue weighted by Crippen LogP contribution is -2.57. The smallest absolute Gasteiger partial charge is 0.327 e. The largest absolute Gasteiger partial charge is 0.468 e. The highest BCUT2D eigenvalue weighted by Crippen LogP contribution is 2.11. The number of nitrogens with one attached hydrogen (secondary N) is 1. The molecule has 0 aromatic carbocycles. The van der Waals surface area contributed by atoms with Crippen molar-refractivity contribution in [2.24, 2.45) is 0 Å². The second-order valence-corrected chi connectivity index (χ2v) is 4.64. The average Bonchev–Trinajstić information content (AvgIpc) is 2.26. The molecule has 0 saturated heterocycles. The maximum atomic E-state index is 11.7. The van der Waals surface area contributed by atoms with Gasteiger partial charge in [-0.05, 0) is 40.8 Å². The van der Waals surface area contributed by atoms with Crippen molar-refractivity contribution in [1.82, 2.24) is 10.2 Å². The summed E-state index contributed by atoms with van der Waals surface area (Å²) < 4.78 is 4.84. The van der Waals surface area contributed by atoms with E-state index in [1.807, 2.05) is 6.92 Å². The molecule has 0 amide bonds. The first-order valence-electron chi connectivity index (χ1n) is 5.92. The maximum absolute atomic E-state index is 11.7. The molecular formula is C12H26N2O2. The molecular weight excluding hydrogens is 204 g/mol. The summed E-state index contributed by atoms with van der Waals surface area (Å²) in [5.41, 5.74) is -0.631. The summed E-state index contributed by atoms with van der Waals surface area (Å²) in [4.78, 5) is 14.0. The summed E-state index contributed by atoms with van der Waals surface area (Å²) in [6.07, 6.45) is 1.08. The molecule has 0 rings (SSSR count). The predicted octanol–water partition coefficient (Wildman–Crippen LogP) is 1.26. The number of ether oxygens (including phenoxy) is 1. The molecule has 0 aliphatic rings. The van der Waals surface area contributed by atoms with Crippen LogP contribution in [-0.2, 0) is 9.53 Å². The van der Waals surface area contributed by atoms with E-state index in [0.29, 0.717) is 12.6 Å². The van der Waals surface area contributed by atoms with Gasteiger partial charge in [-0.2, -0.15) is 0 Å². The van der Waals surface area contributed by atoms with Crippen molar-refractivity contribution in [3.8, 4) is 0 Å². The Bertz CT molecular complexity index is 219. The first kappa shape index (κ1) is 15.4. The van der Waals surface area contributed by atoms with Crippen molar-refractivity contribution in [3.05, 3.63) is 0 Å². The Morgan fingerprint density at radius 1 is 1.50 bits per heavy atom. The number of hydrogen-bond acceptors (Lipinski definition) is 4. The Balaban J connectivity index is 4.65. The maximum Gasteiger partial charge on any atom is 0.327 e. The minimum absolute atomic E-state index is 0.211. The molecule has 0 heterocycles. The normalized spacial score (nSPS) is 15.2. The molecule has 1 atom stereocenters. The second-order valence-electron chi connectivity index (χ2n) is 4.64. The average molecular weight is 230 g/mol. The number of rotatable bonds is 7. The van der Waals surface area contributed by atoms with Crippen LogP contribution in [0.1, 0.15) is 34.1 Å². The molecule has 16 heavy (non-hydrogen) atoms. The van der Waals surface area contributed by atoms with Gasteiger partial charge in [-0.25, -0.2) is 0 Å². The van der Waals surface area contributed by atoms with E-state index in [-0.39, 0.29) is 5.97 Å². The van der Waals surface area contributed by atoms with Crippen LogP contribution >= 0.6 is 0 Å². The molecule has 4 heteroatoms. The molecule has 1 N–H and O–H groups in total. The fourth-order valence-corrected chi connectivity index (χ4v) is 1.68. The molecule has 0 radical (unpaired) electrons. The van der Waals surface area contributed by atoms with Crippen LogP contribution in [0.25, 0.3) is 0 Å². The van der Waals surface area contributed by atoms with Crippen LogP contribution in [0.2, 0.25) is 0 Å². The molecule has 0 fully saturated rings. The molecule has 0 aliphatic carbocycles. The zero-order chi connectivity index (χ0) is 12.8. The summed E-state index contributed by atoms with van der Waals surface area (Å²) in [6.45, 7) is 9.97. The first-order chi connectivity index (χ1) is 7.41. The van der Waals surface area contributed by atoms with Gasteiger partial charge in [-0.1, -0.05) is 6.92 Å². The van der Waals surface area contributed by atoms with E-state index in [2.05, 4.69) is 31.0 Å². The van der Waals surface area contributed by atoms with Gasteiger partial charge in [0.2, 0.25) is 0 Å². The van der Waals surface area contributed by atoms with Crippen molar-refractivity contribution in [1.29, 1.82) is 0 Å². The number of methoxy groups -OCH3 is 1. The van der Waals surface area contributed by atoms with Gasteiger partial charge in [0.15, 0.2) is 0 Å². The molecule has 4 nitrogen and oxygen atoms in total. The lowest BCUT2D eigenvalue weighted by atomic mass is 10.0. The van der Waals surface area contributed by atoms with E-state index in [4.69, 9.17) is 4.74 Å². The Hall–Kier alpha value is -0.610. The van der Waals surface area contributed by atoms with E-state index in [9.17, 15) is 4.79 Å². The molecule has 0 bridgehead atoms. The summed E-state index contributed by atoms with van der Waals surface area (Å²) in [5.74, 6) is -0.211. The van der Waals surface area contributed by atoms with E-state index >= 15 is 0 Å². The highest BCUT2D eigenvalue weighted by Gasteiger charge is 2.35. The molecule has 96 valence electrons. The standard InChI is InChI=1S/C12H26N2O2/c1-7-8-14(10(2)3)9-12(4,13-5)11(15)16-6/h10,13H,7-9H2,1-6H3. The van der Waals surface area contributed by atoms with E-state index in [1.165, 1.54) is 7.11 Å². The zero-order valence-electron chi connectivity index (χ0n) is 11.5. The lowest BCUT2D eigenvalue weighted by molar-refractivity contribution is -0.148. The molecule has 1 unspecified atom stereocenters. The van der Waals surface area contributed by atoms with Gasteiger partial charge in [0, 0.05) is 12.6 Å². The van der Waals surface area contributed by atoms with Crippen molar-refractivity contribution in [3.63, 3.8) is 0 Å². The summed E-state index contributed by atoms with van der Waals surface area (Å²) in [7, 11) is 3.22. The first-order valence-corrected chi connectivity index (χ1v) is 5.92. The summed E-state index contributed by atoms with van der Waals surface area (Å²) in [6, 6.07) is 0.428. The monoisotopic (exact) mass is 230 g/mol. The SMILES string of the molecule is CCCN(CC(C)(NC)C(=O)OC)C(C)C. The topological polar surface area (TPSA) is 41.6 Å². The van der Waals surface area contributed by atoms with Crippen LogP contribution in [0.4, 0.5) is 0 Å². The van der Waals surface area contributed by atoms with Gasteiger partial charge in [0.25, 0.3) is 0 Å². The second kappa shape index (κ2) is 6.86. The number of carbonyl (C=O) groups is 1. The number of hydrogen-bond donors (Lipinski definition) is 1. The summed E-state index contributed by atoms with van der Waals surface area (Å²) >= 11 is 0. The molecule has 0 saturated carbocycles. The van der Waals surface area contributed by atoms with Gasteiger partial charge in [0.1, 0.15) is 5.54 Å². The predicted molar refractivity (Wildman–Crippen MR) is 66.5 cm³/mol. The van der Waals surface area contributed by atoms with Gasteiger partial charge < -0.3 is 10.1 Å². The summed E-state index contributed by atoms with van der Waals surface area (Å²) in [5, 5.41) is 3.06. The fourth-order valence-electron chi connectivity index (χ4n) is 1.68. The van der Waals surface area contributed by atoms with Crippen molar-refractivity contribution in [2.45, 2.75) is 45.7 Å². The number of likely N-dealkylation sites (N-methyl/N-ethyl adjacent to an activating group) is 1. The zero-order valence-corrected chi connectivity index (χ0v) is 11.5. The van der Waals surface area contributed by atoms with Gasteiger partial charge in [-0.3, -0.25) is 9.69 Å². The van der Waals surface area contributed by atoms with Crippen LogP contribution in [0.5, 0.6) is 0 Å². The highest BCUT2D eigenvalue weighted by atomic mass is 16.5. The minimum atomic E-state index is -0.631. The third-order valence-corrected chi connectivity index (χ3v) is 2.95. The molecule has 0 spiro atoms. The van der Waals surface area contributed by atoms with Crippen LogP contribution < -0.4 is 5.32 Å². The Morgan fingerprint density at radius 3 is 2.38 bits per heavy atom. The van der Waals surface area contributed by atoms with Crippen molar-refractivity contribution < 1.29 is 9.53 Å². The molecule has 0 aromatic heterocycles. The number of carbonyl (C=O) groups excluding carboxylic acids is 1. The third kappa shape index (κ3) is 4.10. The van der Waals surface area contributed by atoms with E-state index in [1.54, 1.807) is 7.05 Å². The van der Waals surface area contributed by atoms with Crippen molar-refractivity contribution in [2.75, 3.05) is 27.2 Å². The number of esters is 1. The number of nitrogens with zero attached hydrogens (tertiary/aromatic N) is 1. The molecule has 0 aliphatic heterocycles. The Morgan fingerprint density at radius 2 is 2.06 bits per heavy atom. The van der Waals surface area contributed by atoms with Crippen LogP contribution in [0.3, 0.4) is 0 Å². The minimum Gasteiger partial charge on any atom is -0.468 e. The molecule has 0 aromatic rings. The van der Waals surface area contributed by atoms with Gasteiger partial charge in [-0.15, -0.1) is 0 Å². The Labute approximate surface area is 99.3 Å². The van der Waals surface area contributed by atoms with Gasteiger partial charge in [0.05, 0.1) is 7.11 Å². The quantitative estimate of drug-likeness (QED) is 0.669. The highest BCUT2D eigenvalue weighted by molar-refractivity contribution is 5.80. The van der Waals surface area contributed by atoms with Crippen LogP contribution in [0, 0.1) is 0 Å². The van der Waals surface area contributed by atoms with E-state index in [0.717, 1.165) is 13.0 Å². The lowest BCUT2D eigenvalue weighted by Gasteiger charge is -2.35. The van der Waals surface area contributed by atoms with Crippen LogP contribution in [-0.4, -0.2) is 49.7 Å².